The number of hydrogen-bond donors (Lipinski definition) is 1. The van der Waals surface area contributed by atoms with Gasteiger partial charge in [0.1, 0.15) is 5.82 Å². The fraction of sp³-hybridized carbons (Fsp3) is 0.455. The van der Waals surface area contributed by atoms with Crippen LogP contribution < -0.4 is 5.32 Å². The van der Waals surface area contributed by atoms with E-state index in [1.54, 1.807) is 0 Å². The fourth-order valence-corrected chi connectivity index (χ4v) is 1.92. The third kappa shape index (κ3) is 1.68. The summed E-state index contributed by atoms with van der Waals surface area (Å²) in [5, 5.41) is 2.82. The van der Waals surface area contributed by atoms with Crippen LogP contribution >= 0.6 is 0 Å². The highest BCUT2D eigenvalue weighted by Gasteiger charge is 2.25. The average Bonchev–Trinajstić information content (AvgIpc) is 2.25. The maximum atomic E-state index is 13.4. The predicted octanol–water partition coefficient (Wildman–Crippen LogP) is 3.10. The van der Waals surface area contributed by atoms with E-state index in [4.69, 9.17) is 0 Å². The number of rotatable bonds is 1. The Labute approximate surface area is 86.3 Å². The van der Waals surface area contributed by atoms with Crippen LogP contribution in [-0.4, -0.2) is 6.54 Å². The number of benzene rings is 1. The summed E-state index contributed by atoms with van der Waals surface area (Å²) in [6.45, 7) is 2.59. The van der Waals surface area contributed by atoms with Gasteiger partial charge in [-0.25, -0.2) is 13.2 Å². The number of hydrogen-bond acceptors (Lipinski definition) is 1. The molecule has 0 saturated heterocycles. The number of fused-ring (bicyclic) bond motifs is 1. The summed E-state index contributed by atoms with van der Waals surface area (Å²) in [5.74, 6) is -2.49. The molecule has 0 aliphatic carbocycles. The second kappa shape index (κ2) is 3.76. The standard InChI is InChI=1S/C11H12F3N/c1-2-6-3-7-10(14)8(12)4-9(13)11(7)15-5-6/h4,6,15H,2-3,5H2,1H3. The Balaban J connectivity index is 2.48. The molecule has 1 nitrogen and oxygen atoms in total. The molecule has 0 aromatic heterocycles. The van der Waals surface area contributed by atoms with Crippen molar-refractivity contribution in [3.63, 3.8) is 0 Å². The summed E-state index contributed by atoms with van der Waals surface area (Å²) in [4.78, 5) is 0. The molecule has 1 N–H and O–H groups in total. The predicted molar refractivity (Wildman–Crippen MR) is 52.3 cm³/mol. The van der Waals surface area contributed by atoms with Crippen LogP contribution in [0.3, 0.4) is 0 Å². The van der Waals surface area contributed by atoms with Gasteiger partial charge in [0.15, 0.2) is 11.6 Å². The van der Waals surface area contributed by atoms with Crippen LogP contribution in [0.25, 0.3) is 0 Å². The van der Waals surface area contributed by atoms with Crippen LogP contribution in [0, 0.1) is 23.4 Å². The molecular weight excluding hydrogens is 203 g/mol. The van der Waals surface area contributed by atoms with Crippen LogP contribution in [-0.2, 0) is 6.42 Å². The Morgan fingerprint density at radius 3 is 2.73 bits per heavy atom. The first kappa shape index (κ1) is 10.3. The second-order valence-electron chi connectivity index (χ2n) is 3.87. The molecule has 0 amide bonds. The lowest BCUT2D eigenvalue weighted by molar-refractivity contribution is 0.452. The first-order chi connectivity index (χ1) is 7.13. The summed E-state index contributed by atoms with van der Waals surface area (Å²) in [6, 6.07) is 0.591. The van der Waals surface area contributed by atoms with Crippen LogP contribution in [0.1, 0.15) is 18.9 Å². The van der Waals surface area contributed by atoms with Crippen molar-refractivity contribution in [1.82, 2.24) is 0 Å². The zero-order chi connectivity index (χ0) is 11.0. The average molecular weight is 215 g/mol. The third-order valence-corrected chi connectivity index (χ3v) is 2.91. The summed E-state index contributed by atoms with van der Waals surface area (Å²) in [5.41, 5.74) is 0.268. The molecule has 1 aliphatic rings. The zero-order valence-corrected chi connectivity index (χ0v) is 8.41. The normalized spacial score (nSPS) is 19.6. The minimum Gasteiger partial charge on any atom is -0.382 e. The molecule has 1 aliphatic heterocycles. The molecule has 82 valence electrons. The second-order valence-corrected chi connectivity index (χ2v) is 3.87. The highest BCUT2D eigenvalue weighted by molar-refractivity contribution is 5.55. The minimum atomic E-state index is -1.11. The highest BCUT2D eigenvalue weighted by Crippen LogP contribution is 2.32. The van der Waals surface area contributed by atoms with Gasteiger partial charge in [0.05, 0.1) is 5.69 Å². The molecule has 0 spiro atoms. The van der Waals surface area contributed by atoms with E-state index < -0.39 is 17.5 Å². The van der Waals surface area contributed by atoms with Gasteiger partial charge in [-0.3, -0.25) is 0 Å². The fourth-order valence-electron chi connectivity index (χ4n) is 1.92. The Bertz CT molecular complexity index is 390. The molecule has 0 fully saturated rings. The highest BCUT2D eigenvalue weighted by atomic mass is 19.2. The van der Waals surface area contributed by atoms with Gasteiger partial charge in [0.25, 0.3) is 0 Å². The van der Waals surface area contributed by atoms with Crippen molar-refractivity contribution in [2.24, 2.45) is 5.92 Å². The Hall–Kier alpha value is -1.19. The zero-order valence-electron chi connectivity index (χ0n) is 8.41. The van der Waals surface area contributed by atoms with E-state index >= 15 is 0 Å². The number of nitrogens with one attached hydrogen (secondary N) is 1. The smallest absolute Gasteiger partial charge is 0.164 e. The molecule has 1 aromatic carbocycles. The van der Waals surface area contributed by atoms with Gasteiger partial charge in [0.2, 0.25) is 0 Å². The van der Waals surface area contributed by atoms with Crippen molar-refractivity contribution in [3.8, 4) is 0 Å². The van der Waals surface area contributed by atoms with Crippen molar-refractivity contribution < 1.29 is 13.2 Å². The van der Waals surface area contributed by atoms with Crippen molar-refractivity contribution in [3.05, 3.63) is 29.1 Å². The largest absolute Gasteiger partial charge is 0.382 e. The van der Waals surface area contributed by atoms with E-state index in [1.165, 1.54) is 0 Å². The monoisotopic (exact) mass is 215 g/mol. The van der Waals surface area contributed by atoms with Gasteiger partial charge in [-0.2, -0.15) is 0 Å². The van der Waals surface area contributed by atoms with E-state index in [-0.39, 0.29) is 17.2 Å². The van der Waals surface area contributed by atoms with Crippen LogP contribution in [0.15, 0.2) is 6.07 Å². The van der Waals surface area contributed by atoms with Gasteiger partial charge in [0, 0.05) is 18.2 Å². The van der Waals surface area contributed by atoms with Crippen LogP contribution in [0.2, 0.25) is 0 Å². The van der Waals surface area contributed by atoms with Crippen LogP contribution in [0.5, 0.6) is 0 Å². The van der Waals surface area contributed by atoms with Crippen LogP contribution in [0.4, 0.5) is 18.9 Å². The summed E-state index contributed by atoms with van der Waals surface area (Å²) < 4.78 is 39.6. The molecule has 1 heterocycles. The van der Waals surface area contributed by atoms with E-state index in [2.05, 4.69) is 5.32 Å². The van der Waals surface area contributed by atoms with Crippen molar-refractivity contribution in [2.75, 3.05) is 11.9 Å². The molecule has 15 heavy (non-hydrogen) atoms. The molecule has 4 heteroatoms. The first-order valence-corrected chi connectivity index (χ1v) is 5.03. The number of halogens is 3. The van der Waals surface area contributed by atoms with Gasteiger partial charge in [-0.15, -0.1) is 0 Å². The molecule has 1 unspecified atom stereocenters. The van der Waals surface area contributed by atoms with Gasteiger partial charge >= 0.3 is 0 Å². The van der Waals surface area contributed by atoms with Crippen molar-refractivity contribution in [2.45, 2.75) is 19.8 Å². The molecule has 0 bridgehead atoms. The van der Waals surface area contributed by atoms with E-state index in [0.717, 1.165) is 6.42 Å². The SMILES string of the molecule is CCC1CNc2c(F)cc(F)c(F)c2C1. The maximum absolute atomic E-state index is 13.4. The molecule has 2 rings (SSSR count). The maximum Gasteiger partial charge on any atom is 0.164 e. The third-order valence-electron chi connectivity index (χ3n) is 2.91. The van der Waals surface area contributed by atoms with E-state index in [1.807, 2.05) is 6.92 Å². The summed E-state index contributed by atoms with van der Waals surface area (Å²) in [6.07, 6.45) is 1.27. The first-order valence-electron chi connectivity index (χ1n) is 5.03. The Kier molecular flexibility index (Phi) is 2.59. The Morgan fingerprint density at radius 2 is 2.07 bits per heavy atom. The van der Waals surface area contributed by atoms with Gasteiger partial charge < -0.3 is 5.32 Å². The molecular formula is C11H12F3N. The van der Waals surface area contributed by atoms with Crippen molar-refractivity contribution in [1.29, 1.82) is 0 Å². The molecule has 0 radical (unpaired) electrons. The lowest BCUT2D eigenvalue weighted by atomic mass is 9.91. The minimum absolute atomic E-state index is 0.124. The molecule has 0 saturated carbocycles. The molecule has 1 atom stereocenters. The van der Waals surface area contributed by atoms with Gasteiger partial charge in [-0.05, 0) is 12.3 Å². The summed E-state index contributed by atoms with van der Waals surface area (Å²) >= 11 is 0. The lowest BCUT2D eigenvalue weighted by Gasteiger charge is -2.26. The van der Waals surface area contributed by atoms with E-state index in [9.17, 15) is 13.2 Å². The van der Waals surface area contributed by atoms with Gasteiger partial charge in [-0.1, -0.05) is 13.3 Å². The lowest BCUT2D eigenvalue weighted by Crippen LogP contribution is -2.24. The van der Waals surface area contributed by atoms with E-state index in [0.29, 0.717) is 19.0 Å². The molecule has 1 aromatic rings. The summed E-state index contributed by atoms with van der Waals surface area (Å²) in [7, 11) is 0. The Morgan fingerprint density at radius 1 is 1.33 bits per heavy atom. The van der Waals surface area contributed by atoms with Crippen molar-refractivity contribution >= 4 is 5.69 Å². The quantitative estimate of drug-likeness (QED) is 0.710. The number of anilines is 1. The topological polar surface area (TPSA) is 12.0 Å².